The molecule has 0 saturated heterocycles. The van der Waals surface area contributed by atoms with Crippen LogP contribution in [0.25, 0.3) is 16.9 Å². The highest BCUT2D eigenvalue weighted by atomic mass is 16.5. The number of aryl methyl sites for hydroxylation is 1. The molecule has 2 N–H and O–H groups in total. The first kappa shape index (κ1) is 18.8. The highest BCUT2D eigenvalue weighted by molar-refractivity contribution is 5.96. The number of methoxy groups -OCH3 is 1. The number of aliphatic hydroxyl groups excluding tert-OH is 2. The minimum Gasteiger partial charge on any atom is -0.465 e. The van der Waals surface area contributed by atoms with E-state index in [-0.39, 0.29) is 30.0 Å². The topological polar surface area (TPSA) is 107 Å². The van der Waals surface area contributed by atoms with Gasteiger partial charge in [-0.25, -0.2) is 4.79 Å². The van der Waals surface area contributed by atoms with E-state index in [0.717, 1.165) is 5.56 Å². The average Bonchev–Trinajstić information content (AvgIpc) is 3.02. The Balaban J connectivity index is 2.33. The second kappa shape index (κ2) is 6.98. The van der Waals surface area contributed by atoms with Gasteiger partial charge in [0.1, 0.15) is 11.3 Å². The number of pyridine rings is 1. The number of carbonyl (C=O) groups is 1. The quantitative estimate of drug-likeness (QED) is 0.647. The molecule has 0 unspecified atom stereocenters. The fourth-order valence-electron chi connectivity index (χ4n) is 2.83. The van der Waals surface area contributed by atoms with Crippen molar-refractivity contribution in [3.05, 3.63) is 58.1 Å². The molecule has 2 aliphatic heterocycles. The molecule has 2 aliphatic rings. The maximum absolute atomic E-state index is 13.0. The zero-order chi connectivity index (χ0) is 19.8. The summed E-state index contributed by atoms with van der Waals surface area (Å²) >= 11 is 0. The molecule has 27 heavy (non-hydrogen) atoms. The van der Waals surface area contributed by atoms with Crippen molar-refractivity contribution in [1.29, 1.82) is 0 Å². The molecular weight excluding hydrogens is 350 g/mol. The molecule has 0 saturated carbocycles. The van der Waals surface area contributed by atoms with Crippen molar-refractivity contribution in [3.8, 4) is 16.9 Å². The van der Waals surface area contributed by atoms with Crippen molar-refractivity contribution in [3.63, 3.8) is 0 Å². The number of nitrogens with zero attached hydrogens (tertiary/aromatic N) is 3. The Labute approximate surface area is 155 Å². The van der Waals surface area contributed by atoms with Gasteiger partial charge in [0.15, 0.2) is 0 Å². The predicted molar refractivity (Wildman–Crippen MR) is 98.3 cm³/mol. The number of aromatic nitrogens is 3. The lowest BCUT2D eigenvalue weighted by atomic mass is 10.0. The fourth-order valence-corrected chi connectivity index (χ4v) is 2.83. The highest BCUT2D eigenvalue weighted by Crippen LogP contribution is 2.26. The van der Waals surface area contributed by atoms with Gasteiger partial charge in [-0.05, 0) is 31.5 Å². The lowest BCUT2D eigenvalue weighted by molar-refractivity contribution is 0.0590. The average molecular weight is 371 g/mol. The van der Waals surface area contributed by atoms with Crippen LogP contribution in [0.3, 0.4) is 0 Å². The number of esters is 1. The van der Waals surface area contributed by atoms with Crippen molar-refractivity contribution < 1.29 is 19.7 Å². The molecule has 0 spiro atoms. The van der Waals surface area contributed by atoms with Gasteiger partial charge in [-0.3, -0.25) is 4.79 Å². The van der Waals surface area contributed by atoms with Crippen LogP contribution in [-0.2, 0) is 10.3 Å². The number of aliphatic hydroxyl groups is 2. The van der Waals surface area contributed by atoms with E-state index in [0.29, 0.717) is 5.69 Å². The van der Waals surface area contributed by atoms with Gasteiger partial charge in [0.25, 0.3) is 5.56 Å². The standard InChI is InChI=1S/C19H21N3O5/c1-12-5-4-6-13(7-12)22-17(25)14-8-21(19(2,10-23)11-24)9-15(16(14)20-22)18(26)27-3/h4-9,23-24H,10-11H2,1-3H3. The van der Waals surface area contributed by atoms with E-state index in [9.17, 15) is 19.8 Å². The molecule has 8 heteroatoms. The minimum atomic E-state index is -1.10. The van der Waals surface area contributed by atoms with Crippen molar-refractivity contribution in [2.75, 3.05) is 20.3 Å². The molecular formula is C19H21N3O5. The van der Waals surface area contributed by atoms with Crippen LogP contribution >= 0.6 is 0 Å². The number of benzene rings is 1. The molecule has 1 aromatic carbocycles. The highest BCUT2D eigenvalue weighted by Gasteiger charge is 2.30. The second-order valence-corrected chi connectivity index (χ2v) is 6.70. The largest absolute Gasteiger partial charge is 0.465 e. The lowest BCUT2D eigenvalue weighted by Crippen LogP contribution is -2.38. The van der Waals surface area contributed by atoms with Gasteiger partial charge in [-0.2, -0.15) is 9.78 Å². The van der Waals surface area contributed by atoms with Crippen molar-refractivity contribution in [1.82, 2.24) is 14.3 Å². The van der Waals surface area contributed by atoms with E-state index < -0.39 is 17.1 Å². The van der Waals surface area contributed by atoms with Crippen molar-refractivity contribution in [2.24, 2.45) is 0 Å². The summed E-state index contributed by atoms with van der Waals surface area (Å²) in [7, 11) is 1.23. The second-order valence-electron chi connectivity index (χ2n) is 6.70. The summed E-state index contributed by atoms with van der Waals surface area (Å²) in [6.45, 7) is 2.73. The summed E-state index contributed by atoms with van der Waals surface area (Å²) in [5.41, 5.74) is 0.485. The number of hydrogen-bond acceptors (Lipinski definition) is 6. The first-order valence-electron chi connectivity index (χ1n) is 8.37. The molecule has 0 amide bonds. The number of fused-ring (bicyclic) bond motifs is 1. The molecule has 0 aromatic heterocycles. The van der Waals surface area contributed by atoms with E-state index in [1.807, 2.05) is 25.1 Å². The van der Waals surface area contributed by atoms with E-state index in [2.05, 4.69) is 5.10 Å². The molecule has 0 atom stereocenters. The number of carbonyl (C=O) groups excluding carboxylic acids is 1. The van der Waals surface area contributed by atoms with Crippen LogP contribution in [0.5, 0.6) is 0 Å². The van der Waals surface area contributed by atoms with E-state index in [4.69, 9.17) is 4.74 Å². The van der Waals surface area contributed by atoms with Crippen molar-refractivity contribution in [2.45, 2.75) is 19.4 Å². The van der Waals surface area contributed by atoms with Crippen LogP contribution in [0.15, 0.2) is 41.5 Å². The third-order valence-corrected chi connectivity index (χ3v) is 4.63. The van der Waals surface area contributed by atoms with Crippen LogP contribution in [0.4, 0.5) is 0 Å². The molecule has 0 aliphatic carbocycles. The van der Waals surface area contributed by atoms with Crippen LogP contribution in [-0.4, -0.2) is 50.9 Å². The Kier molecular flexibility index (Phi) is 4.86. The van der Waals surface area contributed by atoms with Crippen LogP contribution in [0, 0.1) is 6.92 Å². The van der Waals surface area contributed by atoms with Gasteiger partial charge in [0, 0.05) is 12.4 Å². The number of ether oxygens (including phenoxy) is 1. The Morgan fingerprint density at radius 2 is 1.96 bits per heavy atom. The summed E-state index contributed by atoms with van der Waals surface area (Å²) in [6, 6.07) is 7.27. The third kappa shape index (κ3) is 3.13. The molecule has 0 bridgehead atoms. The lowest BCUT2D eigenvalue weighted by Gasteiger charge is -2.29. The maximum Gasteiger partial charge on any atom is 0.341 e. The monoisotopic (exact) mass is 371 g/mol. The van der Waals surface area contributed by atoms with Gasteiger partial charge in [0.2, 0.25) is 0 Å². The first-order valence-corrected chi connectivity index (χ1v) is 8.37. The summed E-state index contributed by atoms with van der Waals surface area (Å²) in [6.07, 6.45) is 2.91. The Bertz CT molecular complexity index is 1020. The molecule has 8 nitrogen and oxygen atoms in total. The summed E-state index contributed by atoms with van der Waals surface area (Å²) < 4.78 is 7.50. The van der Waals surface area contributed by atoms with Crippen molar-refractivity contribution >= 4 is 5.97 Å². The molecule has 2 heterocycles. The smallest absolute Gasteiger partial charge is 0.341 e. The molecule has 0 radical (unpaired) electrons. The van der Waals surface area contributed by atoms with Gasteiger partial charge in [-0.1, -0.05) is 12.1 Å². The number of rotatable bonds is 5. The zero-order valence-electron chi connectivity index (χ0n) is 15.3. The Morgan fingerprint density at radius 1 is 1.26 bits per heavy atom. The van der Waals surface area contributed by atoms with Crippen LogP contribution < -0.4 is 5.56 Å². The predicted octanol–water partition coefficient (Wildman–Crippen LogP) is 0.934. The van der Waals surface area contributed by atoms with Gasteiger partial charge < -0.3 is 19.5 Å². The fraction of sp³-hybridized carbons (Fsp3) is 0.316. The Morgan fingerprint density at radius 3 is 2.56 bits per heavy atom. The van der Waals surface area contributed by atoms with Gasteiger partial charge in [-0.15, -0.1) is 0 Å². The molecule has 1 aromatic rings. The maximum atomic E-state index is 13.0. The summed E-state index contributed by atoms with van der Waals surface area (Å²) in [5, 5.41) is 23.7. The first-order chi connectivity index (χ1) is 12.8. The van der Waals surface area contributed by atoms with Gasteiger partial charge >= 0.3 is 5.97 Å². The minimum absolute atomic E-state index is 0.0756. The van der Waals surface area contributed by atoms with E-state index in [1.54, 1.807) is 13.0 Å². The SMILES string of the molecule is COC(=O)c1cn(C(C)(CO)CO)cc2c(=O)n(-c3cccc(C)c3)nc1-2. The van der Waals surface area contributed by atoms with Crippen LogP contribution in [0.2, 0.25) is 0 Å². The third-order valence-electron chi connectivity index (χ3n) is 4.63. The van der Waals surface area contributed by atoms with E-state index >= 15 is 0 Å². The molecule has 3 rings (SSSR count). The Hall–Kier alpha value is -2.97. The summed E-state index contributed by atoms with van der Waals surface area (Å²) in [5.74, 6) is -0.665. The molecule has 142 valence electrons. The van der Waals surface area contributed by atoms with Gasteiger partial charge in [0.05, 0.1) is 37.1 Å². The molecule has 0 fully saturated rings. The van der Waals surface area contributed by atoms with Crippen LogP contribution in [0.1, 0.15) is 22.8 Å². The summed E-state index contributed by atoms with van der Waals surface area (Å²) in [4.78, 5) is 25.3. The zero-order valence-corrected chi connectivity index (χ0v) is 15.3. The van der Waals surface area contributed by atoms with E-state index in [1.165, 1.54) is 28.8 Å². The normalized spacial score (nSPS) is 11.7. The number of hydrogen-bond donors (Lipinski definition) is 2.